The van der Waals surface area contributed by atoms with Crippen molar-refractivity contribution in [2.75, 3.05) is 33.7 Å². The molecule has 1 amide bonds. The van der Waals surface area contributed by atoms with E-state index in [4.69, 9.17) is 11.6 Å². The van der Waals surface area contributed by atoms with Crippen LogP contribution in [0.2, 0.25) is 5.02 Å². The largest absolute Gasteiger partial charge is 0.341 e. The van der Waals surface area contributed by atoms with Crippen LogP contribution in [0.3, 0.4) is 0 Å². The first-order valence-corrected chi connectivity index (χ1v) is 6.91. The molecule has 5 heteroatoms. The molecule has 1 unspecified atom stereocenters. The molecular weight excluding hydrogens is 262 g/mol. The number of pyridine rings is 1. The van der Waals surface area contributed by atoms with E-state index < -0.39 is 0 Å². The third-order valence-electron chi connectivity index (χ3n) is 3.59. The van der Waals surface area contributed by atoms with E-state index >= 15 is 0 Å². The standard InChI is InChI=1S/C14H20ClN3O/c1-10-6-13(15)12(7-16-10)14(19)18(3)9-11-4-5-17(2)8-11/h6-7,11H,4-5,8-9H2,1-3H3. The van der Waals surface area contributed by atoms with Crippen molar-refractivity contribution in [2.24, 2.45) is 5.92 Å². The minimum atomic E-state index is -0.0490. The molecule has 0 bridgehead atoms. The number of halogens is 1. The van der Waals surface area contributed by atoms with Gasteiger partial charge in [-0.15, -0.1) is 0 Å². The lowest BCUT2D eigenvalue weighted by Crippen LogP contribution is -2.33. The van der Waals surface area contributed by atoms with E-state index in [9.17, 15) is 4.79 Å². The van der Waals surface area contributed by atoms with Crippen molar-refractivity contribution < 1.29 is 4.79 Å². The molecule has 0 radical (unpaired) electrons. The van der Waals surface area contributed by atoms with Gasteiger partial charge in [0.25, 0.3) is 5.91 Å². The van der Waals surface area contributed by atoms with Gasteiger partial charge in [0.2, 0.25) is 0 Å². The lowest BCUT2D eigenvalue weighted by Gasteiger charge is -2.21. The van der Waals surface area contributed by atoms with Crippen LogP contribution in [0, 0.1) is 12.8 Å². The minimum absolute atomic E-state index is 0.0490. The zero-order valence-corrected chi connectivity index (χ0v) is 12.4. The van der Waals surface area contributed by atoms with Gasteiger partial charge in [-0.2, -0.15) is 0 Å². The van der Waals surface area contributed by atoms with Crippen molar-refractivity contribution in [2.45, 2.75) is 13.3 Å². The number of hydrogen-bond donors (Lipinski definition) is 0. The van der Waals surface area contributed by atoms with Crippen LogP contribution in [0.15, 0.2) is 12.3 Å². The predicted molar refractivity (Wildman–Crippen MR) is 76.5 cm³/mol. The normalized spacial score (nSPS) is 19.7. The zero-order valence-electron chi connectivity index (χ0n) is 11.7. The topological polar surface area (TPSA) is 36.4 Å². The van der Waals surface area contributed by atoms with Crippen LogP contribution >= 0.6 is 11.6 Å². The van der Waals surface area contributed by atoms with Crippen LogP contribution in [0.5, 0.6) is 0 Å². The Kier molecular flexibility index (Phi) is 4.42. The summed E-state index contributed by atoms with van der Waals surface area (Å²) < 4.78 is 0. The van der Waals surface area contributed by atoms with Gasteiger partial charge < -0.3 is 9.80 Å². The summed E-state index contributed by atoms with van der Waals surface area (Å²) in [6.45, 7) is 4.79. The quantitative estimate of drug-likeness (QED) is 0.851. The zero-order chi connectivity index (χ0) is 14.0. The van der Waals surface area contributed by atoms with Gasteiger partial charge in [-0.1, -0.05) is 11.6 Å². The highest BCUT2D eigenvalue weighted by atomic mass is 35.5. The molecule has 0 aliphatic carbocycles. The lowest BCUT2D eigenvalue weighted by atomic mass is 10.1. The summed E-state index contributed by atoms with van der Waals surface area (Å²) in [6, 6.07) is 1.73. The van der Waals surface area contributed by atoms with Gasteiger partial charge in [0.15, 0.2) is 0 Å². The second-order valence-electron chi connectivity index (χ2n) is 5.41. The third kappa shape index (κ3) is 3.45. The molecule has 19 heavy (non-hydrogen) atoms. The summed E-state index contributed by atoms with van der Waals surface area (Å²) in [4.78, 5) is 20.5. The molecule has 0 N–H and O–H groups in total. The maximum absolute atomic E-state index is 12.3. The van der Waals surface area contributed by atoms with Gasteiger partial charge in [0.05, 0.1) is 10.6 Å². The van der Waals surface area contributed by atoms with E-state index in [-0.39, 0.29) is 5.91 Å². The maximum Gasteiger partial charge on any atom is 0.256 e. The molecule has 1 aromatic rings. The summed E-state index contributed by atoms with van der Waals surface area (Å²) in [5.41, 5.74) is 1.31. The van der Waals surface area contributed by atoms with Gasteiger partial charge in [0.1, 0.15) is 0 Å². The molecule has 1 fully saturated rings. The minimum Gasteiger partial charge on any atom is -0.341 e. The molecule has 1 saturated heterocycles. The molecule has 0 spiro atoms. The molecular formula is C14H20ClN3O. The molecule has 1 atom stereocenters. The maximum atomic E-state index is 12.3. The number of carbonyl (C=O) groups excluding carboxylic acids is 1. The fourth-order valence-corrected chi connectivity index (χ4v) is 2.82. The Hall–Kier alpha value is -1.13. The van der Waals surface area contributed by atoms with Crippen LogP contribution in [-0.2, 0) is 0 Å². The average molecular weight is 282 g/mol. The van der Waals surface area contributed by atoms with Crippen molar-refractivity contribution in [1.82, 2.24) is 14.8 Å². The van der Waals surface area contributed by atoms with E-state index in [2.05, 4.69) is 16.9 Å². The smallest absolute Gasteiger partial charge is 0.256 e. The molecule has 1 aromatic heterocycles. The molecule has 0 saturated carbocycles. The number of hydrogen-bond acceptors (Lipinski definition) is 3. The molecule has 2 heterocycles. The Morgan fingerprint density at radius 2 is 2.37 bits per heavy atom. The second-order valence-corrected chi connectivity index (χ2v) is 5.82. The van der Waals surface area contributed by atoms with Gasteiger partial charge in [-0.05, 0) is 38.9 Å². The Morgan fingerprint density at radius 1 is 1.63 bits per heavy atom. The van der Waals surface area contributed by atoms with Crippen LogP contribution in [0.1, 0.15) is 22.5 Å². The summed E-state index contributed by atoms with van der Waals surface area (Å²) in [6.07, 6.45) is 2.71. The molecule has 1 aliphatic rings. The first kappa shape index (κ1) is 14.3. The van der Waals surface area contributed by atoms with Gasteiger partial charge in [-0.25, -0.2) is 0 Å². The fourth-order valence-electron chi connectivity index (χ4n) is 2.53. The predicted octanol–water partition coefficient (Wildman–Crippen LogP) is 2.07. The molecule has 1 aliphatic heterocycles. The van der Waals surface area contributed by atoms with E-state index in [1.54, 1.807) is 17.2 Å². The highest BCUT2D eigenvalue weighted by molar-refractivity contribution is 6.33. The highest BCUT2D eigenvalue weighted by Crippen LogP contribution is 2.20. The lowest BCUT2D eigenvalue weighted by molar-refractivity contribution is 0.0774. The summed E-state index contributed by atoms with van der Waals surface area (Å²) in [5.74, 6) is 0.503. The van der Waals surface area contributed by atoms with Crippen molar-refractivity contribution >= 4 is 17.5 Å². The average Bonchev–Trinajstić information content (AvgIpc) is 2.74. The van der Waals surface area contributed by atoms with E-state index in [1.165, 1.54) is 0 Å². The van der Waals surface area contributed by atoms with Crippen LogP contribution in [0.4, 0.5) is 0 Å². The second kappa shape index (κ2) is 5.88. The number of carbonyl (C=O) groups is 1. The first-order valence-electron chi connectivity index (χ1n) is 6.53. The van der Waals surface area contributed by atoms with Gasteiger partial charge >= 0.3 is 0 Å². The molecule has 0 aromatic carbocycles. The van der Waals surface area contributed by atoms with E-state index in [0.717, 1.165) is 31.7 Å². The van der Waals surface area contributed by atoms with Gasteiger partial charge in [0, 0.05) is 32.0 Å². The van der Waals surface area contributed by atoms with Crippen LogP contribution in [-0.4, -0.2) is 54.4 Å². The summed E-state index contributed by atoms with van der Waals surface area (Å²) in [5, 5.41) is 0.480. The summed E-state index contributed by atoms with van der Waals surface area (Å²) in [7, 11) is 3.94. The SMILES string of the molecule is Cc1cc(Cl)c(C(=O)N(C)CC2CCN(C)C2)cn1. The first-order chi connectivity index (χ1) is 8.97. The number of aromatic nitrogens is 1. The van der Waals surface area contributed by atoms with Crippen LogP contribution < -0.4 is 0 Å². The Balaban J connectivity index is 2.02. The van der Waals surface area contributed by atoms with E-state index in [0.29, 0.717) is 16.5 Å². The molecule has 104 valence electrons. The van der Waals surface area contributed by atoms with Crippen LogP contribution in [0.25, 0.3) is 0 Å². The number of aryl methyl sites for hydroxylation is 1. The third-order valence-corrected chi connectivity index (χ3v) is 3.90. The molecule has 2 rings (SSSR count). The van der Waals surface area contributed by atoms with Crippen molar-refractivity contribution in [3.63, 3.8) is 0 Å². The van der Waals surface area contributed by atoms with Crippen molar-refractivity contribution in [1.29, 1.82) is 0 Å². The summed E-state index contributed by atoms with van der Waals surface area (Å²) >= 11 is 6.11. The monoisotopic (exact) mass is 281 g/mol. The van der Waals surface area contributed by atoms with Gasteiger partial charge in [-0.3, -0.25) is 9.78 Å². The number of amides is 1. The Labute approximate surface area is 119 Å². The molecule has 4 nitrogen and oxygen atoms in total. The highest BCUT2D eigenvalue weighted by Gasteiger charge is 2.24. The number of likely N-dealkylation sites (tertiary alicyclic amines) is 1. The Bertz CT molecular complexity index is 478. The number of nitrogens with zero attached hydrogens (tertiary/aromatic N) is 3. The Morgan fingerprint density at radius 3 is 2.95 bits per heavy atom. The van der Waals surface area contributed by atoms with E-state index in [1.807, 2.05) is 14.0 Å². The fraction of sp³-hybridized carbons (Fsp3) is 0.571. The number of rotatable bonds is 3. The van der Waals surface area contributed by atoms with Crippen molar-refractivity contribution in [3.05, 3.63) is 28.5 Å². The van der Waals surface area contributed by atoms with Crippen molar-refractivity contribution in [3.8, 4) is 0 Å².